The van der Waals surface area contributed by atoms with Crippen LogP contribution in [-0.4, -0.2) is 15.5 Å². The molecular weight excluding hydrogens is 344 g/mol. The summed E-state index contributed by atoms with van der Waals surface area (Å²) in [4.78, 5) is 27.9. The van der Waals surface area contributed by atoms with Crippen molar-refractivity contribution in [2.75, 3.05) is 5.32 Å². The molecule has 1 N–H and O–H groups in total. The van der Waals surface area contributed by atoms with Crippen LogP contribution in [0.25, 0.3) is 11.3 Å². The third-order valence-corrected chi connectivity index (χ3v) is 4.98. The van der Waals surface area contributed by atoms with Crippen LogP contribution < -0.4 is 10.2 Å². The molecule has 8 heteroatoms. The number of carbonyl (C=O) groups excluding carboxylic acids is 1. The van der Waals surface area contributed by atoms with Gasteiger partial charge in [-0.3, -0.25) is 14.2 Å². The van der Waals surface area contributed by atoms with Gasteiger partial charge in [0.25, 0.3) is 0 Å². The maximum absolute atomic E-state index is 12.1. The first-order valence-corrected chi connectivity index (χ1v) is 8.73. The van der Waals surface area contributed by atoms with E-state index in [0.717, 1.165) is 28.3 Å². The lowest BCUT2D eigenvalue weighted by molar-refractivity contribution is -0.116. The van der Waals surface area contributed by atoms with E-state index < -0.39 is 0 Å². The van der Waals surface area contributed by atoms with Crippen molar-refractivity contribution in [3.63, 3.8) is 0 Å². The van der Waals surface area contributed by atoms with Gasteiger partial charge in [-0.1, -0.05) is 23.5 Å². The van der Waals surface area contributed by atoms with E-state index in [-0.39, 0.29) is 17.3 Å². The summed E-state index contributed by atoms with van der Waals surface area (Å²) in [6, 6.07) is 9.13. The van der Waals surface area contributed by atoms with E-state index in [9.17, 15) is 9.59 Å². The number of aromatic nitrogens is 2. The fraction of sp³-hybridized carbons (Fsp3) is 0.125. The average molecular weight is 356 g/mol. The first-order valence-electron chi connectivity index (χ1n) is 6.97. The smallest absolute Gasteiger partial charge is 0.300 e. The van der Waals surface area contributed by atoms with Crippen LogP contribution in [0.1, 0.15) is 11.3 Å². The molecule has 0 aliphatic heterocycles. The number of nitrogens with zero attached hydrogens (tertiary/aromatic N) is 3. The maximum atomic E-state index is 12.1. The molecular formula is C16H12N4O2S2. The highest BCUT2D eigenvalue weighted by molar-refractivity contribution is 7.14. The molecule has 3 rings (SSSR count). The lowest BCUT2D eigenvalue weighted by Crippen LogP contribution is -2.25. The van der Waals surface area contributed by atoms with Gasteiger partial charge in [-0.2, -0.15) is 5.26 Å². The Balaban J connectivity index is 1.70. The largest absolute Gasteiger partial charge is 0.307 e. The van der Waals surface area contributed by atoms with Gasteiger partial charge in [0.1, 0.15) is 6.54 Å². The van der Waals surface area contributed by atoms with Gasteiger partial charge in [0.2, 0.25) is 5.91 Å². The third-order valence-electron chi connectivity index (χ3n) is 3.34. The zero-order chi connectivity index (χ0) is 17.1. The molecule has 2 aromatic heterocycles. The number of benzene rings is 1. The van der Waals surface area contributed by atoms with Gasteiger partial charge in [0.05, 0.1) is 17.3 Å². The molecule has 0 aliphatic carbocycles. The van der Waals surface area contributed by atoms with Crippen molar-refractivity contribution < 1.29 is 4.79 Å². The summed E-state index contributed by atoms with van der Waals surface area (Å²) in [5, 5.41) is 15.5. The van der Waals surface area contributed by atoms with Crippen molar-refractivity contribution in [1.82, 2.24) is 9.55 Å². The van der Waals surface area contributed by atoms with Gasteiger partial charge in [0, 0.05) is 22.0 Å². The quantitative estimate of drug-likeness (QED) is 0.778. The first kappa shape index (κ1) is 16.1. The SMILES string of the molecule is Cc1csc(=O)n1CC(=O)Nc1nc(-c2ccc(C#N)cc2)cs1. The van der Waals surface area contributed by atoms with Gasteiger partial charge >= 0.3 is 4.87 Å². The highest BCUT2D eigenvalue weighted by Gasteiger charge is 2.11. The fourth-order valence-electron chi connectivity index (χ4n) is 2.08. The zero-order valence-corrected chi connectivity index (χ0v) is 14.3. The minimum atomic E-state index is -0.292. The molecule has 1 aromatic carbocycles. The molecule has 0 saturated carbocycles. The molecule has 0 spiro atoms. The van der Waals surface area contributed by atoms with E-state index in [1.54, 1.807) is 24.4 Å². The van der Waals surface area contributed by atoms with E-state index in [1.165, 1.54) is 15.9 Å². The molecule has 24 heavy (non-hydrogen) atoms. The minimum Gasteiger partial charge on any atom is -0.300 e. The lowest BCUT2D eigenvalue weighted by Gasteiger charge is -2.04. The number of amides is 1. The van der Waals surface area contributed by atoms with Gasteiger partial charge in [0.15, 0.2) is 5.13 Å². The summed E-state index contributed by atoms with van der Waals surface area (Å²) in [5.74, 6) is -0.292. The minimum absolute atomic E-state index is 0.0278. The van der Waals surface area contributed by atoms with E-state index >= 15 is 0 Å². The van der Waals surface area contributed by atoms with Crippen molar-refractivity contribution in [3.8, 4) is 17.3 Å². The molecule has 120 valence electrons. The molecule has 0 saturated heterocycles. The number of hydrogen-bond donors (Lipinski definition) is 1. The number of carbonyl (C=O) groups is 1. The van der Waals surface area contributed by atoms with Crippen LogP contribution in [0.15, 0.2) is 39.8 Å². The topological polar surface area (TPSA) is 87.8 Å². The summed E-state index contributed by atoms with van der Waals surface area (Å²) >= 11 is 2.39. The van der Waals surface area contributed by atoms with Crippen LogP contribution in [0.5, 0.6) is 0 Å². The number of thiazole rings is 2. The number of rotatable bonds is 4. The van der Waals surface area contributed by atoms with Crippen molar-refractivity contribution in [2.45, 2.75) is 13.5 Å². The van der Waals surface area contributed by atoms with E-state index in [1.807, 2.05) is 17.5 Å². The van der Waals surface area contributed by atoms with Crippen molar-refractivity contribution in [1.29, 1.82) is 5.26 Å². The second-order valence-electron chi connectivity index (χ2n) is 5.00. The number of nitriles is 1. The molecule has 0 fully saturated rings. The summed E-state index contributed by atoms with van der Waals surface area (Å²) in [7, 11) is 0. The Hall–Kier alpha value is -2.76. The van der Waals surface area contributed by atoms with Gasteiger partial charge < -0.3 is 5.32 Å². The predicted molar refractivity (Wildman–Crippen MR) is 94.2 cm³/mol. The number of nitrogens with one attached hydrogen (secondary N) is 1. The fourth-order valence-corrected chi connectivity index (χ4v) is 3.55. The second-order valence-corrected chi connectivity index (χ2v) is 6.68. The van der Waals surface area contributed by atoms with E-state index in [2.05, 4.69) is 16.4 Å². The molecule has 0 aliphatic rings. The Morgan fingerprint density at radius 3 is 2.67 bits per heavy atom. The molecule has 2 heterocycles. The average Bonchev–Trinajstić information content (AvgIpc) is 3.17. The van der Waals surface area contributed by atoms with E-state index in [0.29, 0.717) is 10.7 Å². The zero-order valence-electron chi connectivity index (χ0n) is 12.6. The van der Waals surface area contributed by atoms with Gasteiger partial charge in [-0.05, 0) is 19.1 Å². The predicted octanol–water partition coefficient (Wildman–Crippen LogP) is 2.85. The standard InChI is InChI=1S/C16H12N4O2S2/c1-10-8-24-16(22)20(10)7-14(21)19-15-18-13(9-23-15)12-4-2-11(6-17)3-5-12/h2-5,8-9H,7H2,1H3,(H,18,19,21). The van der Waals surface area contributed by atoms with Crippen LogP contribution >= 0.6 is 22.7 Å². The summed E-state index contributed by atoms with van der Waals surface area (Å²) in [6.45, 7) is 1.76. The first-order chi connectivity index (χ1) is 11.6. The maximum Gasteiger partial charge on any atom is 0.307 e. The highest BCUT2D eigenvalue weighted by atomic mass is 32.1. The van der Waals surface area contributed by atoms with Crippen LogP contribution in [0.4, 0.5) is 5.13 Å². The Kier molecular flexibility index (Phi) is 4.55. The molecule has 0 unspecified atom stereocenters. The number of aryl methyl sites for hydroxylation is 1. The molecule has 0 bridgehead atoms. The van der Waals surface area contributed by atoms with Gasteiger partial charge in [-0.25, -0.2) is 4.98 Å². The van der Waals surface area contributed by atoms with Gasteiger partial charge in [-0.15, -0.1) is 11.3 Å². The molecule has 0 radical (unpaired) electrons. The van der Waals surface area contributed by atoms with Crippen LogP contribution in [0, 0.1) is 18.3 Å². The summed E-state index contributed by atoms with van der Waals surface area (Å²) < 4.78 is 1.43. The Morgan fingerprint density at radius 1 is 1.29 bits per heavy atom. The van der Waals surface area contributed by atoms with E-state index in [4.69, 9.17) is 5.26 Å². The number of hydrogen-bond acceptors (Lipinski definition) is 6. The normalized spacial score (nSPS) is 10.3. The molecule has 6 nitrogen and oxygen atoms in total. The monoisotopic (exact) mass is 356 g/mol. The molecule has 0 atom stereocenters. The molecule has 1 amide bonds. The van der Waals surface area contributed by atoms with Crippen molar-refractivity contribution in [2.24, 2.45) is 0 Å². The van der Waals surface area contributed by atoms with Crippen LogP contribution in [-0.2, 0) is 11.3 Å². The highest BCUT2D eigenvalue weighted by Crippen LogP contribution is 2.25. The molecule has 3 aromatic rings. The van der Waals surface area contributed by atoms with Crippen molar-refractivity contribution >= 4 is 33.7 Å². The third kappa shape index (κ3) is 3.42. The number of anilines is 1. The summed E-state index contributed by atoms with van der Waals surface area (Å²) in [5.41, 5.74) is 2.94. The van der Waals surface area contributed by atoms with Crippen LogP contribution in [0.2, 0.25) is 0 Å². The Morgan fingerprint density at radius 2 is 2.04 bits per heavy atom. The summed E-state index contributed by atoms with van der Waals surface area (Å²) in [6.07, 6.45) is 0. The lowest BCUT2D eigenvalue weighted by atomic mass is 10.1. The second kappa shape index (κ2) is 6.78. The van der Waals surface area contributed by atoms with Crippen LogP contribution in [0.3, 0.4) is 0 Å². The Bertz CT molecular complexity index is 977. The Labute approximate surface area is 145 Å². The van der Waals surface area contributed by atoms with Crippen molar-refractivity contribution in [3.05, 3.63) is 56.0 Å².